The first kappa shape index (κ1) is 19.6. The minimum Gasteiger partial charge on any atom is -0.354 e. The molecular weight excluding hydrogens is 404 g/mol. The number of aromatic nitrogens is 3. The number of hydrogen-bond acceptors (Lipinski definition) is 4. The number of nitrogens with zero attached hydrogens (tertiary/aromatic N) is 2. The smallest absolute Gasteiger partial charge is 0.269 e. The predicted octanol–water partition coefficient (Wildman–Crippen LogP) is 2.68. The summed E-state index contributed by atoms with van der Waals surface area (Å²) in [6.07, 6.45) is 3.53. The van der Waals surface area contributed by atoms with Gasteiger partial charge in [0.1, 0.15) is 11.3 Å². The van der Waals surface area contributed by atoms with Crippen LogP contribution in [0.1, 0.15) is 44.9 Å². The van der Waals surface area contributed by atoms with E-state index in [2.05, 4.69) is 25.6 Å². The van der Waals surface area contributed by atoms with Crippen molar-refractivity contribution in [2.75, 3.05) is 7.05 Å². The van der Waals surface area contributed by atoms with Gasteiger partial charge in [0.25, 0.3) is 11.8 Å². The van der Waals surface area contributed by atoms with Gasteiger partial charge in [0.15, 0.2) is 0 Å². The Bertz CT molecular complexity index is 1180. The lowest BCUT2D eigenvalue weighted by atomic mass is 10.0. The van der Waals surface area contributed by atoms with Crippen LogP contribution < -0.4 is 10.6 Å². The molecule has 1 unspecified atom stereocenters. The van der Waals surface area contributed by atoms with Crippen LogP contribution in [0.5, 0.6) is 0 Å². The molecule has 3 N–H and O–H groups in total. The third kappa shape index (κ3) is 3.64. The summed E-state index contributed by atoms with van der Waals surface area (Å²) < 4.78 is 26.8. The largest absolute Gasteiger partial charge is 0.354 e. The summed E-state index contributed by atoms with van der Waals surface area (Å²) >= 11 is 0. The van der Waals surface area contributed by atoms with E-state index >= 15 is 0 Å². The van der Waals surface area contributed by atoms with Gasteiger partial charge in [-0.3, -0.25) is 9.59 Å². The van der Waals surface area contributed by atoms with Crippen LogP contribution in [0.15, 0.2) is 36.7 Å². The van der Waals surface area contributed by atoms with Crippen molar-refractivity contribution in [1.82, 2.24) is 25.6 Å². The molecule has 0 aliphatic heterocycles. The predicted molar refractivity (Wildman–Crippen MR) is 109 cm³/mol. The zero-order chi connectivity index (χ0) is 21.8. The summed E-state index contributed by atoms with van der Waals surface area (Å²) in [4.78, 5) is 36.8. The number of H-pyrrole nitrogens is 1. The van der Waals surface area contributed by atoms with Crippen molar-refractivity contribution in [2.45, 2.75) is 31.2 Å². The summed E-state index contributed by atoms with van der Waals surface area (Å²) in [5, 5.41) is 6.33. The molecule has 3 atom stereocenters. The second-order valence-corrected chi connectivity index (χ2v) is 8.29. The van der Waals surface area contributed by atoms with Crippen LogP contribution in [0.25, 0.3) is 11.0 Å². The maximum atomic E-state index is 13.4. The molecular formula is C22H21F2N5O2. The van der Waals surface area contributed by atoms with Gasteiger partial charge >= 0.3 is 0 Å². The molecule has 2 saturated carbocycles. The maximum Gasteiger partial charge on any atom is 0.269 e. The Hall–Kier alpha value is -3.36. The molecule has 3 aromatic heterocycles. The zero-order valence-corrected chi connectivity index (χ0v) is 16.8. The molecule has 5 rings (SSSR count). The fourth-order valence-electron chi connectivity index (χ4n) is 4.64. The second kappa shape index (κ2) is 7.11. The standard InChI is InChI=1S/C22H21F2N5O2/c1-25-21(31)17-8-12(20(30)29-18-15-9-22(23,24)10-16(15)18)7-13(28-17)6-11-2-4-26-19-14(11)3-5-27-19/h2-5,7-8,15-16,18H,6,9-10H2,1H3,(H,25,31)(H,26,27)(H,29,30)/t15-,16+,18?. The first-order valence-electron chi connectivity index (χ1n) is 10.2. The fraction of sp³-hybridized carbons (Fsp3) is 0.364. The topological polar surface area (TPSA) is 99.8 Å². The van der Waals surface area contributed by atoms with Crippen LogP contribution in [0.3, 0.4) is 0 Å². The van der Waals surface area contributed by atoms with E-state index in [1.54, 1.807) is 18.5 Å². The Balaban J connectivity index is 1.40. The van der Waals surface area contributed by atoms with Gasteiger partial charge in [-0.05, 0) is 41.7 Å². The van der Waals surface area contributed by atoms with E-state index in [4.69, 9.17) is 0 Å². The molecule has 2 aliphatic carbocycles. The number of alkyl halides is 2. The Labute approximate surface area is 176 Å². The summed E-state index contributed by atoms with van der Waals surface area (Å²) in [7, 11) is 1.49. The molecule has 3 heterocycles. The number of carbonyl (C=O) groups excluding carboxylic acids is 2. The lowest BCUT2D eigenvalue weighted by Crippen LogP contribution is -2.31. The van der Waals surface area contributed by atoms with Gasteiger partial charge in [-0.25, -0.2) is 18.7 Å². The number of pyridine rings is 2. The van der Waals surface area contributed by atoms with Crippen molar-refractivity contribution in [3.63, 3.8) is 0 Å². The van der Waals surface area contributed by atoms with Gasteiger partial charge in [-0.1, -0.05) is 0 Å². The highest BCUT2D eigenvalue weighted by Crippen LogP contribution is 2.58. The number of rotatable bonds is 5. The van der Waals surface area contributed by atoms with Gasteiger partial charge < -0.3 is 15.6 Å². The number of hydrogen-bond donors (Lipinski definition) is 3. The fourth-order valence-corrected chi connectivity index (χ4v) is 4.64. The van der Waals surface area contributed by atoms with Crippen LogP contribution in [-0.4, -0.2) is 45.8 Å². The minimum atomic E-state index is -2.62. The highest BCUT2D eigenvalue weighted by Gasteiger charge is 2.63. The van der Waals surface area contributed by atoms with Crippen molar-refractivity contribution in [2.24, 2.45) is 11.8 Å². The number of halogens is 2. The van der Waals surface area contributed by atoms with E-state index in [9.17, 15) is 18.4 Å². The highest BCUT2D eigenvalue weighted by atomic mass is 19.3. The third-order valence-electron chi connectivity index (χ3n) is 6.22. The SMILES string of the molecule is CNC(=O)c1cc(C(=O)NC2[C@H]3CC(F)(F)C[C@@H]23)cc(Cc2ccnc3[nH]ccc23)n1. The minimum absolute atomic E-state index is 0.132. The monoisotopic (exact) mass is 425 g/mol. The third-order valence-corrected chi connectivity index (χ3v) is 6.22. The molecule has 0 saturated heterocycles. The lowest BCUT2D eigenvalue weighted by molar-refractivity contribution is -0.00623. The van der Waals surface area contributed by atoms with Crippen LogP contribution in [0.4, 0.5) is 8.78 Å². The molecule has 3 aromatic rings. The summed E-state index contributed by atoms with van der Waals surface area (Å²) in [5.74, 6) is -3.74. The quantitative estimate of drug-likeness (QED) is 0.585. The van der Waals surface area contributed by atoms with E-state index in [1.807, 2.05) is 12.1 Å². The number of nitrogens with one attached hydrogen (secondary N) is 3. The first-order valence-corrected chi connectivity index (χ1v) is 10.2. The van der Waals surface area contributed by atoms with Crippen molar-refractivity contribution in [1.29, 1.82) is 0 Å². The van der Waals surface area contributed by atoms with Crippen molar-refractivity contribution >= 4 is 22.8 Å². The van der Waals surface area contributed by atoms with Gasteiger partial charge in [0.2, 0.25) is 5.92 Å². The summed E-state index contributed by atoms with van der Waals surface area (Å²) in [6, 6.07) is 6.63. The molecule has 0 spiro atoms. The molecule has 160 valence electrons. The Morgan fingerprint density at radius 3 is 2.71 bits per heavy atom. The Morgan fingerprint density at radius 1 is 1.19 bits per heavy atom. The average molecular weight is 425 g/mol. The lowest BCUT2D eigenvalue weighted by Gasteiger charge is -2.14. The molecule has 31 heavy (non-hydrogen) atoms. The Kier molecular flexibility index (Phi) is 4.49. The number of aromatic amines is 1. The van der Waals surface area contributed by atoms with Crippen LogP contribution >= 0.6 is 0 Å². The van der Waals surface area contributed by atoms with Gasteiger partial charge in [0, 0.05) is 61.4 Å². The molecule has 2 aliphatic rings. The average Bonchev–Trinajstić information content (AvgIpc) is 3.11. The van der Waals surface area contributed by atoms with E-state index in [0.29, 0.717) is 17.7 Å². The van der Waals surface area contributed by atoms with Gasteiger partial charge in [-0.2, -0.15) is 0 Å². The number of carbonyl (C=O) groups is 2. The Morgan fingerprint density at radius 2 is 1.97 bits per heavy atom. The molecule has 2 fully saturated rings. The van der Waals surface area contributed by atoms with Crippen molar-refractivity contribution < 1.29 is 18.4 Å². The van der Waals surface area contributed by atoms with E-state index < -0.39 is 11.8 Å². The van der Waals surface area contributed by atoms with Crippen molar-refractivity contribution in [3.05, 3.63) is 59.2 Å². The number of fused-ring (bicyclic) bond motifs is 2. The van der Waals surface area contributed by atoms with Gasteiger partial charge in [-0.15, -0.1) is 0 Å². The molecule has 0 bridgehead atoms. The molecule has 2 amide bonds. The van der Waals surface area contributed by atoms with E-state index in [-0.39, 0.29) is 42.3 Å². The maximum absolute atomic E-state index is 13.4. The molecule has 0 aromatic carbocycles. The van der Waals surface area contributed by atoms with Gasteiger partial charge in [0.05, 0.1) is 0 Å². The normalized spacial score (nSPS) is 23.4. The van der Waals surface area contributed by atoms with Crippen LogP contribution in [-0.2, 0) is 6.42 Å². The van der Waals surface area contributed by atoms with E-state index in [1.165, 1.54) is 13.1 Å². The second-order valence-electron chi connectivity index (χ2n) is 8.29. The summed E-state index contributed by atoms with van der Waals surface area (Å²) in [5.41, 5.74) is 2.68. The molecule has 0 radical (unpaired) electrons. The van der Waals surface area contributed by atoms with Crippen LogP contribution in [0, 0.1) is 11.8 Å². The highest BCUT2D eigenvalue weighted by molar-refractivity contribution is 5.99. The molecule has 7 nitrogen and oxygen atoms in total. The van der Waals surface area contributed by atoms with E-state index in [0.717, 1.165) is 16.6 Å². The zero-order valence-electron chi connectivity index (χ0n) is 16.8. The van der Waals surface area contributed by atoms with Crippen LogP contribution in [0.2, 0.25) is 0 Å². The summed E-state index contributed by atoms with van der Waals surface area (Å²) in [6.45, 7) is 0. The van der Waals surface area contributed by atoms with Crippen molar-refractivity contribution in [3.8, 4) is 0 Å². The first-order chi connectivity index (χ1) is 14.8. The molecule has 9 heteroatoms. The number of amides is 2.